The number of thiophene rings is 1. The second-order valence-electron chi connectivity index (χ2n) is 6.61. The van der Waals surface area contributed by atoms with Gasteiger partial charge in [-0.3, -0.25) is 14.5 Å². The first-order valence-corrected chi connectivity index (χ1v) is 10.3. The van der Waals surface area contributed by atoms with Crippen LogP contribution in [0, 0.1) is 0 Å². The summed E-state index contributed by atoms with van der Waals surface area (Å²) in [4.78, 5) is 30.1. The number of benzene rings is 1. The van der Waals surface area contributed by atoms with Crippen molar-refractivity contribution in [3.63, 3.8) is 0 Å². The summed E-state index contributed by atoms with van der Waals surface area (Å²) in [6.07, 6.45) is 0.890. The number of nitrogens with zero attached hydrogens (tertiary/aromatic N) is 2. The molecule has 144 valence electrons. The highest BCUT2D eigenvalue weighted by molar-refractivity contribution is 7.10. The number of hydrogen-bond donors (Lipinski definition) is 1. The molecule has 0 radical (unpaired) electrons. The minimum Gasteiger partial charge on any atom is -0.337 e. The third kappa shape index (κ3) is 4.63. The molecular formula is C19H21Cl2N3O2S. The van der Waals surface area contributed by atoms with Crippen LogP contribution in [0.5, 0.6) is 0 Å². The van der Waals surface area contributed by atoms with Crippen LogP contribution in [-0.2, 0) is 22.6 Å². The van der Waals surface area contributed by atoms with Gasteiger partial charge in [0, 0.05) is 18.0 Å². The lowest BCUT2D eigenvalue weighted by molar-refractivity contribution is -0.137. The quantitative estimate of drug-likeness (QED) is 0.789. The molecule has 1 unspecified atom stereocenters. The number of likely N-dealkylation sites (N-methyl/N-ethyl adjacent to an activating group) is 1. The molecule has 0 saturated carbocycles. The zero-order chi connectivity index (χ0) is 19.6. The SMILES string of the molecule is CC(C(=O)N1CCc2sccc2C1)N(C)CC(=O)Nc1c(Cl)cccc1Cl. The van der Waals surface area contributed by atoms with Gasteiger partial charge in [-0.05, 0) is 49.5 Å². The van der Waals surface area contributed by atoms with E-state index in [1.807, 2.05) is 11.8 Å². The lowest BCUT2D eigenvalue weighted by Crippen LogP contribution is -2.48. The topological polar surface area (TPSA) is 52.7 Å². The molecule has 0 spiro atoms. The number of anilines is 1. The monoisotopic (exact) mass is 425 g/mol. The number of carbonyl (C=O) groups is 2. The maximum Gasteiger partial charge on any atom is 0.239 e. The van der Waals surface area contributed by atoms with Crippen LogP contribution >= 0.6 is 34.5 Å². The number of hydrogen-bond acceptors (Lipinski definition) is 4. The molecule has 1 N–H and O–H groups in total. The molecule has 1 aliphatic heterocycles. The van der Waals surface area contributed by atoms with E-state index in [4.69, 9.17) is 23.2 Å². The molecule has 1 atom stereocenters. The minimum absolute atomic E-state index is 0.0259. The maximum atomic E-state index is 12.8. The van der Waals surface area contributed by atoms with Crippen molar-refractivity contribution in [3.05, 3.63) is 50.1 Å². The number of nitrogens with one attached hydrogen (secondary N) is 1. The smallest absolute Gasteiger partial charge is 0.239 e. The third-order valence-corrected chi connectivity index (χ3v) is 6.41. The molecule has 3 rings (SSSR count). The molecule has 0 fully saturated rings. The van der Waals surface area contributed by atoms with Crippen LogP contribution in [-0.4, -0.2) is 47.8 Å². The van der Waals surface area contributed by atoms with Crippen LogP contribution < -0.4 is 5.32 Å². The standard InChI is InChI=1S/C19H21Cl2N3O2S/c1-12(19(26)24-8-6-16-13(10-24)7-9-27-16)23(2)11-17(25)22-18-14(20)4-3-5-15(18)21/h3-5,7,9,12H,6,8,10-11H2,1-2H3,(H,22,25). The zero-order valence-corrected chi connectivity index (χ0v) is 17.5. The molecule has 27 heavy (non-hydrogen) atoms. The predicted molar refractivity (Wildman–Crippen MR) is 111 cm³/mol. The summed E-state index contributed by atoms with van der Waals surface area (Å²) in [7, 11) is 1.76. The van der Waals surface area contributed by atoms with E-state index in [0.29, 0.717) is 28.8 Å². The van der Waals surface area contributed by atoms with E-state index in [1.54, 1.807) is 41.5 Å². The Morgan fingerprint density at radius 2 is 2.00 bits per heavy atom. The Kier molecular flexibility index (Phi) is 6.42. The van der Waals surface area contributed by atoms with Crippen molar-refractivity contribution >= 4 is 52.0 Å². The molecule has 0 bridgehead atoms. The highest BCUT2D eigenvalue weighted by atomic mass is 35.5. The van der Waals surface area contributed by atoms with Crippen LogP contribution in [0.4, 0.5) is 5.69 Å². The molecule has 1 aliphatic rings. The van der Waals surface area contributed by atoms with Crippen molar-refractivity contribution in [3.8, 4) is 0 Å². The second-order valence-corrected chi connectivity index (χ2v) is 8.43. The van der Waals surface area contributed by atoms with Crippen LogP contribution in [0.1, 0.15) is 17.4 Å². The van der Waals surface area contributed by atoms with Crippen molar-refractivity contribution in [2.45, 2.75) is 25.9 Å². The van der Waals surface area contributed by atoms with Crippen LogP contribution in [0.15, 0.2) is 29.6 Å². The molecular weight excluding hydrogens is 405 g/mol. The van der Waals surface area contributed by atoms with Gasteiger partial charge in [0.25, 0.3) is 0 Å². The van der Waals surface area contributed by atoms with Gasteiger partial charge in [0.15, 0.2) is 0 Å². The third-order valence-electron chi connectivity index (χ3n) is 4.76. The van der Waals surface area contributed by atoms with Crippen molar-refractivity contribution in [1.29, 1.82) is 0 Å². The van der Waals surface area contributed by atoms with E-state index >= 15 is 0 Å². The first-order valence-electron chi connectivity index (χ1n) is 8.65. The van der Waals surface area contributed by atoms with Gasteiger partial charge >= 0.3 is 0 Å². The Morgan fingerprint density at radius 3 is 2.70 bits per heavy atom. The number of rotatable bonds is 5. The molecule has 2 amide bonds. The average Bonchev–Trinajstić information content (AvgIpc) is 3.11. The Bertz CT molecular complexity index is 835. The molecule has 5 nitrogen and oxygen atoms in total. The summed E-state index contributed by atoms with van der Waals surface area (Å²) < 4.78 is 0. The van der Waals surface area contributed by atoms with Crippen LogP contribution in [0.25, 0.3) is 0 Å². The predicted octanol–water partition coefficient (Wildman–Crippen LogP) is 3.90. The van der Waals surface area contributed by atoms with E-state index in [0.717, 1.165) is 6.42 Å². The maximum absolute atomic E-state index is 12.8. The average molecular weight is 426 g/mol. The van der Waals surface area contributed by atoms with E-state index in [2.05, 4.69) is 16.8 Å². The van der Waals surface area contributed by atoms with E-state index in [9.17, 15) is 9.59 Å². The van der Waals surface area contributed by atoms with Crippen LogP contribution in [0.3, 0.4) is 0 Å². The molecule has 2 heterocycles. The lowest BCUT2D eigenvalue weighted by Gasteiger charge is -2.32. The van der Waals surface area contributed by atoms with Gasteiger partial charge in [-0.15, -0.1) is 11.3 Å². The molecule has 1 aromatic heterocycles. The Morgan fingerprint density at radius 1 is 1.30 bits per heavy atom. The van der Waals surface area contributed by atoms with Crippen molar-refractivity contribution in [2.24, 2.45) is 0 Å². The molecule has 0 aliphatic carbocycles. The summed E-state index contributed by atoms with van der Waals surface area (Å²) in [5, 5.41) is 5.55. The fraction of sp³-hybridized carbons (Fsp3) is 0.368. The largest absolute Gasteiger partial charge is 0.337 e. The summed E-state index contributed by atoms with van der Waals surface area (Å²) in [5.41, 5.74) is 1.61. The summed E-state index contributed by atoms with van der Waals surface area (Å²) in [6, 6.07) is 6.71. The van der Waals surface area contributed by atoms with Gasteiger partial charge in [-0.1, -0.05) is 29.3 Å². The Balaban J connectivity index is 1.58. The highest BCUT2D eigenvalue weighted by Gasteiger charge is 2.28. The highest BCUT2D eigenvalue weighted by Crippen LogP contribution is 2.29. The molecule has 0 saturated heterocycles. The zero-order valence-electron chi connectivity index (χ0n) is 15.2. The number of fused-ring (bicyclic) bond motifs is 1. The van der Waals surface area contributed by atoms with Gasteiger partial charge in [0.2, 0.25) is 11.8 Å². The van der Waals surface area contributed by atoms with Crippen molar-refractivity contribution in [2.75, 3.05) is 25.5 Å². The molecule has 8 heteroatoms. The van der Waals surface area contributed by atoms with Gasteiger partial charge in [0.05, 0.1) is 28.3 Å². The normalized spacial score (nSPS) is 14.8. The summed E-state index contributed by atoms with van der Waals surface area (Å²) >= 11 is 13.9. The lowest BCUT2D eigenvalue weighted by atomic mass is 10.1. The van der Waals surface area contributed by atoms with Crippen molar-refractivity contribution in [1.82, 2.24) is 9.80 Å². The van der Waals surface area contributed by atoms with Gasteiger partial charge in [-0.2, -0.15) is 0 Å². The first kappa shape index (κ1) is 20.1. The fourth-order valence-electron chi connectivity index (χ4n) is 3.05. The minimum atomic E-state index is -0.405. The second kappa shape index (κ2) is 8.61. The van der Waals surface area contributed by atoms with Gasteiger partial charge < -0.3 is 10.2 Å². The first-order chi connectivity index (χ1) is 12.9. The molecule has 2 aromatic rings. The van der Waals surface area contributed by atoms with Crippen molar-refractivity contribution < 1.29 is 9.59 Å². The Labute approximate surface area is 172 Å². The Hall–Kier alpha value is -1.60. The van der Waals surface area contributed by atoms with Crippen LogP contribution in [0.2, 0.25) is 10.0 Å². The van der Waals surface area contributed by atoms with E-state index in [1.165, 1.54) is 10.4 Å². The number of amides is 2. The summed E-state index contributed by atoms with van der Waals surface area (Å²) in [5.74, 6) is -0.246. The van der Waals surface area contributed by atoms with Gasteiger partial charge in [0.1, 0.15) is 0 Å². The molecule has 1 aromatic carbocycles. The number of halogens is 2. The number of carbonyl (C=O) groups excluding carboxylic acids is 2. The van der Waals surface area contributed by atoms with E-state index in [-0.39, 0.29) is 18.4 Å². The summed E-state index contributed by atoms with van der Waals surface area (Å²) in [6.45, 7) is 3.23. The number of para-hydroxylation sites is 1. The fourth-order valence-corrected chi connectivity index (χ4v) is 4.43. The van der Waals surface area contributed by atoms with Gasteiger partial charge in [-0.25, -0.2) is 0 Å². The van der Waals surface area contributed by atoms with E-state index < -0.39 is 6.04 Å².